The highest BCUT2D eigenvalue weighted by Crippen LogP contribution is 2.37. The highest BCUT2D eigenvalue weighted by atomic mass is 32.2. The lowest BCUT2D eigenvalue weighted by atomic mass is 9.95. The van der Waals surface area contributed by atoms with Crippen molar-refractivity contribution in [1.29, 1.82) is 0 Å². The van der Waals surface area contributed by atoms with Crippen LogP contribution in [0.2, 0.25) is 0 Å². The van der Waals surface area contributed by atoms with E-state index in [1.807, 2.05) is 12.1 Å². The molecule has 94 valence electrons. The molecule has 0 amide bonds. The zero-order chi connectivity index (χ0) is 12.5. The van der Waals surface area contributed by atoms with Crippen molar-refractivity contribution < 1.29 is 4.39 Å². The van der Waals surface area contributed by atoms with Crippen molar-refractivity contribution in [3.8, 4) is 0 Å². The molecular weight excluding hydrogens is 233 g/mol. The number of fused-ring (bicyclic) bond motifs is 1. The van der Waals surface area contributed by atoms with Crippen LogP contribution in [0.4, 0.5) is 4.39 Å². The fourth-order valence-electron chi connectivity index (χ4n) is 2.03. The molecular formula is C14H20FNS. The van der Waals surface area contributed by atoms with Crippen LogP contribution in [0.1, 0.15) is 38.8 Å². The Balaban J connectivity index is 2.15. The van der Waals surface area contributed by atoms with Crippen molar-refractivity contribution >= 4 is 11.8 Å². The summed E-state index contributed by atoms with van der Waals surface area (Å²) in [4.78, 5) is 0.838. The van der Waals surface area contributed by atoms with Crippen LogP contribution in [0.5, 0.6) is 0 Å². The molecule has 17 heavy (non-hydrogen) atoms. The monoisotopic (exact) mass is 253 g/mol. The third-order valence-electron chi connectivity index (χ3n) is 2.90. The maximum Gasteiger partial charge on any atom is 0.137 e. The quantitative estimate of drug-likeness (QED) is 0.855. The molecule has 1 unspecified atom stereocenters. The Morgan fingerprint density at radius 3 is 2.88 bits per heavy atom. The molecule has 0 saturated heterocycles. The van der Waals surface area contributed by atoms with Gasteiger partial charge in [-0.1, -0.05) is 32.9 Å². The Kier molecular flexibility index (Phi) is 3.79. The summed E-state index contributed by atoms with van der Waals surface area (Å²) < 4.78 is 13.7. The normalized spacial score (nSPS) is 20.1. The van der Waals surface area contributed by atoms with Crippen molar-refractivity contribution in [3.05, 3.63) is 29.6 Å². The summed E-state index contributed by atoms with van der Waals surface area (Å²) in [5.74, 6) is 0.921. The predicted octanol–water partition coefficient (Wildman–Crippen LogP) is 4.00. The van der Waals surface area contributed by atoms with Gasteiger partial charge in [0.25, 0.3) is 0 Å². The van der Waals surface area contributed by atoms with Crippen LogP contribution in [0.25, 0.3) is 0 Å². The Morgan fingerprint density at radius 2 is 2.18 bits per heavy atom. The van der Waals surface area contributed by atoms with E-state index in [1.165, 1.54) is 0 Å². The van der Waals surface area contributed by atoms with Crippen LogP contribution in [-0.2, 0) is 0 Å². The van der Waals surface area contributed by atoms with E-state index in [-0.39, 0.29) is 11.2 Å². The van der Waals surface area contributed by atoms with Gasteiger partial charge in [-0.2, -0.15) is 0 Å². The summed E-state index contributed by atoms with van der Waals surface area (Å²) in [6, 6.07) is 5.72. The van der Waals surface area contributed by atoms with Crippen LogP contribution >= 0.6 is 11.8 Å². The molecule has 0 radical (unpaired) electrons. The van der Waals surface area contributed by atoms with E-state index >= 15 is 0 Å². The predicted molar refractivity (Wildman–Crippen MR) is 71.9 cm³/mol. The summed E-state index contributed by atoms with van der Waals surface area (Å²) in [5.41, 5.74) is 1.39. The van der Waals surface area contributed by atoms with Gasteiger partial charge in [-0.05, 0) is 29.2 Å². The average molecular weight is 253 g/mol. The number of rotatable bonds is 2. The Hall–Kier alpha value is -0.540. The summed E-state index contributed by atoms with van der Waals surface area (Å²) in [6.07, 6.45) is 1.08. The van der Waals surface area contributed by atoms with Gasteiger partial charge in [-0.15, -0.1) is 11.8 Å². The minimum Gasteiger partial charge on any atom is -0.309 e. The molecule has 1 heterocycles. The molecule has 1 N–H and O–H groups in total. The van der Waals surface area contributed by atoms with E-state index in [9.17, 15) is 4.39 Å². The Bertz CT molecular complexity index is 398. The van der Waals surface area contributed by atoms with Crippen molar-refractivity contribution in [1.82, 2.24) is 5.32 Å². The number of benzene rings is 1. The number of hydrogen-bond donors (Lipinski definition) is 1. The lowest BCUT2D eigenvalue weighted by Crippen LogP contribution is -2.32. The average Bonchev–Trinajstić information content (AvgIpc) is 2.26. The van der Waals surface area contributed by atoms with Gasteiger partial charge in [0.05, 0.1) is 0 Å². The number of nitrogens with one attached hydrogen (secondary N) is 1. The molecule has 1 atom stereocenters. The van der Waals surface area contributed by atoms with E-state index in [0.29, 0.717) is 6.04 Å². The summed E-state index contributed by atoms with van der Waals surface area (Å²) >= 11 is 1.64. The number of halogens is 1. The molecule has 0 spiro atoms. The van der Waals surface area contributed by atoms with Gasteiger partial charge in [0, 0.05) is 17.5 Å². The topological polar surface area (TPSA) is 12.0 Å². The van der Waals surface area contributed by atoms with Gasteiger partial charge >= 0.3 is 0 Å². The summed E-state index contributed by atoms with van der Waals surface area (Å²) in [7, 11) is 0. The van der Waals surface area contributed by atoms with Crippen molar-refractivity contribution in [2.75, 3.05) is 12.3 Å². The largest absolute Gasteiger partial charge is 0.309 e. The molecule has 0 aliphatic carbocycles. The zero-order valence-corrected chi connectivity index (χ0v) is 11.5. The molecule has 1 aromatic rings. The number of thioether (sulfide) groups is 1. The fourth-order valence-corrected chi connectivity index (χ4v) is 3.17. The number of hydrogen-bond acceptors (Lipinski definition) is 2. The molecule has 1 aliphatic rings. The van der Waals surface area contributed by atoms with Gasteiger partial charge < -0.3 is 5.32 Å². The molecule has 2 rings (SSSR count). The molecule has 0 saturated carbocycles. The highest BCUT2D eigenvalue weighted by Gasteiger charge is 2.23. The summed E-state index contributed by atoms with van der Waals surface area (Å²) in [5, 5.41) is 3.56. The van der Waals surface area contributed by atoms with E-state index < -0.39 is 0 Å². The first-order valence-corrected chi connectivity index (χ1v) is 7.10. The van der Waals surface area contributed by atoms with Crippen LogP contribution < -0.4 is 5.32 Å². The highest BCUT2D eigenvalue weighted by molar-refractivity contribution is 7.99. The van der Waals surface area contributed by atoms with E-state index in [1.54, 1.807) is 17.8 Å². The second-order valence-electron chi connectivity index (χ2n) is 5.79. The van der Waals surface area contributed by atoms with Gasteiger partial charge in [-0.25, -0.2) is 4.39 Å². The van der Waals surface area contributed by atoms with E-state index in [0.717, 1.165) is 29.2 Å². The molecule has 1 aliphatic heterocycles. The lowest BCUT2D eigenvalue weighted by Gasteiger charge is -2.29. The molecule has 0 aromatic heterocycles. The standard InChI is InChI=1S/C14H20FNS/c1-14(2,3)9-16-12-7-8-17-13-10(12)5-4-6-11(13)15/h4-6,12,16H,7-9H2,1-3H3. The SMILES string of the molecule is CC(C)(C)CNC1CCSc2c(F)cccc21. The van der Waals surface area contributed by atoms with Crippen molar-refractivity contribution in [2.45, 2.75) is 38.1 Å². The van der Waals surface area contributed by atoms with Crippen LogP contribution in [0, 0.1) is 11.2 Å². The Labute approximate surface area is 107 Å². The molecule has 0 fully saturated rings. The zero-order valence-electron chi connectivity index (χ0n) is 10.7. The van der Waals surface area contributed by atoms with Gasteiger partial charge in [0.2, 0.25) is 0 Å². The van der Waals surface area contributed by atoms with E-state index in [2.05, 4.69) is 26.1 Å². The first-order chi connectivity index (χ1) is 7.97. The van der Waals surface area contributed by atoms with Crippen LogP contribution in [0.3, 0.4) is 0 Å². The molecule has 1 nitrogen and oxygen atoms in total. The maximum absolute atomic E-state index is 13.7. The Morgan fingerprint density at radius 1 is 1.41 bits per heavy atom. The minimum atomic E-state index is -0.0743. The second-order valence-corrected chi connectivity index (χ2v) is 6.89. The van der Waals surface area contributed by atoms with Crippen LogP contribution in [-0.4, -0.2) is 12.3 Å². The van der Waals surface area contributed by atoms with Gasteiger partial charge in [0.1, 0.15) is 5.82 Å². The van der Waals surface area contributed by atoms with Crippen molar-refractivity contribution in [2.24, 2.45) is 5.41 Å². The second kappa shape index (κ2) is 4.99. The van der Waals surface area contributed by atoms with Gasteiger partial charge in [0.15, 0.2) is 0 Å². The fraction of sp³-hybridized carbons (Fsp3) is 0.571. The first-order valence-electron chi connectivity index (χ1n) is 6.12. The molecule has 1 aromatic carbocycles. The lowest BCUT2D eigenvalue weighted by molar-refractivity contribution is 0.346. The smallest absolute Gasteiger partial charge is 0.137 e. The third kappa shape index (κ3) is 3.23. The maximum atomic E-state index is 13.7. The minimum absolute atomic E-state index is 0.0743. The van der Waals surface area contributed by atoms with Crippen LogP contribution in [0.15, 0.2) is 23.1 Å². The molecule has 0 bridgehead atoms. The van der Waals surface area contributed by atoms with Gasteiger partial charge in [-0.3, -0.25) is 0 Å². The first kappa shape index (κ1) is 12.9. The molecule has 3 heteroatoms. The van der Waals surface area contributed by atoms with Crippen molar-refractivity contribution in [3.63, 3.8) is 0 Å². The third-order valence-corrected chi connectivity index (χ3v) is 4.06. The van der Waals surface area contributed by atoms with E-state index in [4.69, 9.17) is 0 Å². The summed E-state index contributed by atoms with van der Waals surface area (Å²) in [6.45, 7) is 7.59.